The van der Waals surface area contributed by atoms with Crippen LogP contribution in [0.5, 0.6) is 0 Å². The van der Waals surface area contributed by atoms with Crippen molar-refractivity contribution in [3.8, 4) is 0 Å². The second-order valence-corrected chi connectivity index (χ2v) is 4.62. The van der Waals surface area contributed by atoms with E-state index in [1.165, 1.54) is 12.1 Å². The van der Waals surface area contributed by atoms with Crippen LogP contribution in [0.15, 0.2) is 54.9 Å². The number of benzene rings is 2. The molecule has 0 amide bonds. The van der Waals surface area contributed by atoms with Crippen molar-refractivity contribution in [1.29, 1.82) is 0 Å². The molecule has 0 fully saturated rings. The lowest BCUT2D eigenvalue weighted by Gasteiger charge is -2.12. The number of aliphatic hydroxyl groups is 1. The minimum absolute atomic E-state index is 0.278. The van der Waals surface area contributed by atoms with Gasteiger partial charge in [0.15, 0.2) is 0 Å². The van der Waals surface area contributed by atoms with Crippen LogP contribution in [0, 0.1) is 5.82 Å². The van der Waals surface area contributed by atoms with Crippen LogP contribution in [-0.4, -0.2) is 15.1 Å². The number of hydrogen-bond donors (Lipinski definition) is 1. The highest BCUT2D eigenvalue weighted by molar-refractivity contribution is 5.77. The van der Waals surface area contributed by atoms with E-state index in [1.54, 1.807) is 24.5 Å². The molecule has 1 heterocycles. The van der Waals surface area contributed by atoms with Gasteiger partial charge in [-0.3, -0.25) is 9.97 Å². The molecule has 1 aromatic heterocycles. The molecular formula is C16H13FN2O. The molecule has 20 heavy (non-hydrogen) atoms. The monoisotopic (exact) mass is 268 g/mol. The normalized spacial score (nSPS) is 12.5. The Morgan fingerprint density at radius 2 is 1.75 bits per heavy atom. The zero-order chi connectivity index (χ0) is 13.9. The van der Waals surface area contributed by atoms with Crippen LogP contribution in [0.4, 0.5) is 4.39 Å². The maximum absolute atomic E-state index is 12.9. The quantitative estimate of drug-likeness (QED) is 0.794. The lowest BCUT2D eigenvalue weighted by Crippen LogP contribution is -2.03. The smallest absolute Gasteiger partial charge is 0.123 e. The van der Waals surface area contributed by atoms with Gasteiger partial charge in [-0.15, -0.1) is 0 Å². The second-order valence-electron chi connectivity index (χ2n) is 4.62. The molecular weight excluding hydrogens is 255 g/mol. The van der Waals surface area contributed by atoms with Gasteiger partial charge in [-0.2, -0.15) is 0 Å². The first kappa shape index (κ1) is 12.7. The van der Waals surface area contributed by atoms with E-state index in [-0.39, 0.29) is 5.82 Å². The summed E-state index contributed by atoms with van der Waals surface area (Å²) < 4.78 is 12.9. The minimum atomic E-state index is -0.694. The molecule has 0 saturated heterocycles. The number of halogens is 1. The van der Waals surface area contributed by atoms with Gasteiger partial charge in [-0.05, 0) is 23.8 Å². The van der Waals surface area contributed by atoms with Crippen LogP contribution in [-0.2, 0) is 6.42 Å². The van der Waals surface area contributed by atoms with Crippen molar-refractivity contribution in [2.75, 3.05) is 0 Å². The molecule has 0 aliphatic carbocycles. The summed E-state index contributed by atoms with van der Waals surface area (Å²) in [4.78, 5) is 8.50. The molecule has 4 heteroatoms. The molecule has 3 aromatic rings. The fraction of sp³-hybridized carbons (Fsp3) is 0.125. The lowest BCUT2D eigenvalue weighted by molar-refractivity contribution is 0.180. The van der Waals surface area contributed by atoms with E-state index in [0.29, 0.717) is 11.9 Å². The van der Waals surface area contributed by atoms with E-state index in [4.69, 9.17) is 0 Å². The van der Waals surface area contributed by atoms with Crippen molar-refractivity contribution < 1.29 is 9.50 Å². The SMILES string of the molecule is OC(Cc1ccc(F)cc1)c1cccc2nccnc12. The summed E-state index contributed by atoms with van der Waals surface area (Å²) in [6.45, 7) is 0. The molecule has 1 atom stereocenters. The van der Waals surface area contributed by atoms with Gasteiger partial charge in [0, 0.05) is 24.4 Å². The van der Waals surface area contributed by atoms with Crippen LogP contribution in [0.3, 0.4) is 0 Å². The minimum Gasteiger partial charge on any atom is -0.388 e. The third-order valence-corrected chi connectivity index (χ3v) is 3.23. The number of para-hydroxylation sites is 1. The van der Waals surface area contributed by atoms with Crippen LogP contribution in [0.2, 0.25) is 0 Å². The average molecular weight is 268 g/mol. The van der Waals surface area contributed by atoms with Gasteiger partial charge in [-0.25, -0.2) is 4.39 Å². The summed E-state index contributed by atoms with van der Waals surface area (Å²) >= 11 is 0. The standard InChI is InChI=1S/C16H13FN2O/c17-12-6-4-11(5-7-12)10-15(20)13-2-1-3-14-16(13)19-9-8-18-14/h1-9,15,20H,10H2. The van der Waals surface area contributed by atoms with Crippen LogP contribution >= 0.6 is 0 Å². The molecule has 0 bridgehead atoms. The number of aliphatic hydroxyl groups excluding tert-OH is 1. The molecule has 1 unspecified atom stereocenters. The van der Waals surface area contributed by atoms with Gasteiger partial charge >= 0.3 is 0 Å². The van der Waals surface area contributed by atoms with E-state index in [1.807, 2.05) is 18.2 Å². The molecule has 0 saturated carbocycles. The van der Waals surface area contributed by atoms with Crippen LogP contribution in [0.25, 0.3) is 11.0 Å². The molecule has 0 radical (unpaired) electrons. The van der Waals surface area contributed by atoms with Gasteiger partial charge in [0.25, 0.3) is 0 Å². The van der Waals surface area contributed by atoms with Crippen molar-refractivity contribution in [1.82, 2.24) is 9.97 Å². The summed E-state index contributed by atoms with van der Waals surface area (Å²) in [5, 5.41) is 10.4. The predicted molar refractivity (Wildman–Crippen MR) is 74.6 cm³/mol. The number of nitrogens with zero attached hydrogens (tertiary/aromatic N) is 2. The lowest BCUT2D eigenvalue weighted by atomic mass is 10.00. The number of aromatic nitrogens is 2. The fourth-order valence-electron chi connectivity index (χ4n) is 2.24. The van der Waals surface area contributed by atoms with E-state index in [2.05, 4.69) is 9.97 Å². The first-order chi connectivity index (χ1) is 9.74. The van der Waals surface area contributed by atoms with Gasteiger partial charge in [-0.1, -0.05) is 24.3 Å². The van der Waals surface area contributed by atoms with Gasteiger partial charge < -0.3 is 5.11 Å². The Hall–Kier alpha value is -2.33. The van der Waals surface area contributed by atoms with E-state index >= 15 is 0 Å². The summed E-state index contributed by atoms with van der Waals surface area (Å²) in [6.07, 6.45) is 2.95. The molecule has 1 N–H and O–H groups in total. The predicted octanol–water partition coefficient (Wildman–Crippen LogP) is 3.05. The molecule has 3 rings (SSSR count). The highest BCUT2D eigenvalue weighted by atomic mass is 19.1. The van der Waals surface area contributed by atoms with E-state index < -0.39 is 6.10 Å². The summed E-state index contributed by atoms with van der Waals surface area (Å²) in [5.41, 5.74) is 3.06. The van der Waals surface area contributed by atoms with E-state index in [0.717, 1.165) is 16.6 Å². The Kier molecular flexibility index (Phi) is 3.39. The zero-order valence-electron chi connectivity index (χ0n) is 10.7. The van der Waals surface area contributed by atoms with E-state index in [9.17, 15) is 9.50 Å². The molecule has 100 valence electrons. The summed E-state index contributed by atoms with van der Waals surface area (Å²) in [7, 11) is 0. The summed E-state index contributed by atoms with van der Waals surface area (Å²) in [6, 6.07) is 11.7. The Bertz CT molecular complexity index is 723. The van der Waals surface area contributed by atoms with Crippen molar-refractivity contribution in [3.05, 3.63) is 71.8 Å². The fourth-order valence-corrected chi connectivity index (χ4v) is 2.24. The number of hydrogen-bond acceptors (Lipinski definition) is 3. The van der Waals surface area contributed by atoms with Crippen molar-refractivity contribution >= 4 is 11.0 Å². The first-order valence-corrected chi connectivity index (χ1v) is 6.36. The van der Waals surface area contributed by atoms with Crippen molar-refractivity contribution in [2.45, 2.75) is 12.5 Å². The number of fused-ring (bicyclic) bond motifs is 1. The Morgan fingerprint density at radius 1 is 1.00 bits per heavy atom. The maximum Gasteiger partial charge on any atom is 0.123 e. The largest absolute Gasteiger partial charge is 0.388 e. The van der Waals surface area contributed by atoms with Crippen molar-refractivity contribution in [2.24, 2.45) is 0 Å². The third-order valence-electron chi connectivity index (χ3n) is 3.23. The van der Waals surface area contributed by atoms with Crippen molar-refractivity contribution in [3.63, 3.8) is 0 Å². The Balaban J connectivity index is 1.92. The number of rotatable bonds is 3. The third kappa shape index (κ3) is 2.51. The summed E-state index contributed by atoms with van der Waals surface area (Å²) in [5.74, 6) is -0.278. The Labute approximate surface area is 115 Å². The van der Waals surface area contributed by atoms with Gasteiger partial charge in [0.05, 0.1) is 17.1 Å². The van der Waals surface area contributed by atoms with Crippen LogP contribution in [0.1, 0.15) is 17.2 Å². The molecule has 0 spiro atoms. The topological polar surface area (TPSA) is 46.0 Å². The molecule has 2 aromatic carbocycles. The molecule has 3 nitrogen and oxygen atoms in total. The second kappa shape index (κ2) is 5.35. The highest BCUT2D eigenvalue weighted by Crippen LogP contribution is 2.24. The first-order valence-electron chi connectivity index (χ1n) is 6.36. The molecule has 0 aliphatic heterocycles. The zero-order valence-corrected chi connectivity index (χ0v) is 10.7. The van der Waals surface area contributed by atoms with Crippen LogP contribution < -0.4 is 0 Å². The Morgan fingerprint density at radius 3 is 2.55 bits per heavy atom. The average Bonchev–Trinajstić information content (AvgIpc) is 2.49. The van der Waals surface area contributed by atoms with Gasteiger partial charge in [0.1, 0.15) is 5.82 Å². The highest BCUT2D eigenvalue weighted by Gasteiger charge is 2.13. The molecule has 0 aliphatic rings. The maximum atomic E-state index is 12.9. The van der Waals surface area contributed by atoms with Gasteiger partial charge in [0.2, 0.25) is 0 Å².